The van der Waals surface area contributed by atoms with Gasteiger partial charge in [0, 0.05) is 17.3 Å². The fourth-order valence-electron chi connectivity index (χ4n) is 3.15. The second kappa shape index (κ2) is 5.83. The van der Waals surface area contributed by atoms with Gasteiger partial charge in [0.15, 0.2) is 0 Å². The molecule has 4 rings (SSSR count). The van der Waals surface area contributed by atoms with Crippen LogP contribution in [0.1, 0.15) is 11.4 Å². The van der Waals surface area contributed by atoms with Crippen molar-refractivity contribution in [3.8, 4) is 5.75 Å². The molecule has 1 aliphatic rings. The van der Waals surface area contributed by atoms with Crippen molar-refractivity contribution in [3.63, 3.8) is 0 Å². The summed E-state index contributed by atoms with van der Waals surface area (Å²) in [6, 6.07) is 11.2. The molecule has 0 bridgehead atoms. The number of hydrogen-bond donors (Lipinski definition) is 1. The molecule has 2 aromatic carbocycles. The minimum Gasteiger partial charge on any atom is -0.497 e. The quantitative estimate of drug-likeness (QED) is 0.795. The number of aromatic amines is 1. The van der Waals surface area contributed by atoms with Gasteiger partial charge in [0.1, 0.15) is 11.6 Å². The second-order valence-corrected chi connectivity index (χ2v) is 6.28. The summed E-state index contributed by atoms with van der Waals surface area (Å²) in [6.45, 7) is 1.46. The smallest absolute Gasteiger partial charge is 0.258 e. The van der Waals surface area contributed by atoms with E-state index in [1.165, 1.54) is 5.56 Å². The van der Waals surface area contributed by atoms with Crippen LogP contribution >= 0.6 is 11.6 Å². The topological polar surface area (TPSA) is 58.2 Å². The number of methoxy groups -OCH3 is 1. The maximum absolute atomic E-state index is 12.3. The van der Waals surface area contributed by atoms with Crippen molar-refractivity contribution >= 4 is 28.2 Å². The van der Waals surface area contributed by atoms with Crippen LogP contribution < -0.4 is 15.2 Å². The highest BCUT2D eigenvalue weighted by molar-refractivity contribution is 6.31. The van der Waals surface area contributed by atoms with Crippen molar-refractivity contribution in [3.05, 3.63) is 63.2 Å². The Labute approximate surface area is 143 Å². The van der Waals surface area contributed by atoms with Gasteiger partial charge in [-0.05, 0) is 48.4 Å². The molecule has 5 nitrogen and oxygen atoms in total. The molecule has 0 fully saturated rings. The molecule has 1 aromatic heterocycles. The predicted octanol–water partition coefficient (Wildman–Crippen LogP) is 3.15. The third-order valence-electron chi connectivity index (χ3n) is 4.34. The molecule has 0 spiro atoms. The monoisotopic (exact) mass is 341 g/mol. The van der Waals surface area contributed by atoms with Crippen LogP contribution in [0.15, 0.2) is 41.2 Å². The summed E-state index contributed by atoms with van der Waals surface area (Å²) >= 11 is 5.95. The van der Waals surface area contributed by atoms with Crippen LogP contribution in [0.4, 0.5) is 5.69 Å². The van der Waals surface area contributed by atoms with Crippen molar-refractivity contribution in [1.82, 2.24) is 9.97 Å². The van der Waals surface area contributed by atoms with E-state index in [0.717, 1.165) is 24.4 Å². The summed E-state index contributed by atoms with van der Waals surface area (Å²) in [5.74, 6) is 1.52. The number of ether oxygens (including phenoxy) is 1. The van der Waals surface area contributed by atoms with Crippen molar-refractivity contribution in [2.75, 3.05) is 18.6 Å². The van der Waals surface area contributed by atoms with Crippen LogP contribution in [0.5, 0.6) is 5.75 Å². The number of fused-ring (bicyclic) bond motifs is 2. The zero-order valence-electron chi connectivity index (χ0n) is 13.2. The first-order valence-corrected chi connectivity index (χ1v) is 8.12. The first-order valence-electron chi connectivity index (χ1n) is 7.74. The van der Waals surface area contributed by atoms with Gasteiger partial charge in [-0.3, -0.25) is 4.79 Å². The molecule has 0 amide bonds. The molecule has 24 heavy (non-hydrogen) atoms. The summed E-state index contributed by atoms with van der Waals surface area (Å²) in [4.78, 5) is 21.9. The van der Waals surface area contributed by atoms with E-state index in [-0.39, 0.29) is 5.56 Å². The average Bonchev–Trinajstić information content (AvgIpc) is 2.97. The van der Waals surface area contributed by atoms with Gasteiger partial charge in [0.2, 0.25) is 0 Å². The molecule has 1 aliphatic heterocycles. The molecular formula is C18H16ClN3O2. The molecule has 0 saturated carbocycles. The lowest BCUT2D eigenvalue weighted by atomic mass is 10.1. The minimum atomic E-state index is -0.161. The van der Waals surface area contributed by atoms with E-state index in [2.05, 4.69) is 27.0 Å². The molecule has 0 aliphatic carbocycles. The van der Waals surface area contributed by atoms with E-state index in [1.54, 1.807) is 25.3 Å². The van der Waals surface area contributed by atoms with Crippen LogP contribution in [0.3, 0.4) is 0 Å². The zero-order valence-corrected chi connectivity index (χ0v) is 13.9. The number of nitrogens with one attached hydrogen (secondary N) is 1. The van der Waals surface area contributed by atoms with E-state index in [0.29, 0.717) is 28.3 Å². The Morgan fingerprint density at radius 2 is 2.17 bits per heavy atom. The number of anilines is 1. The predicted molar refractivity (Wildman–Crippen MR) is 95.1 cm³/mol. The van der Waals surface area contributed by atoms with Crippen molar-refractivity contribution in [2.45, 2.75) is 13.0 Å². The molecule has 0 atom stereocenters. The third kappa shape index (κ3) is 2.61. The van der Waals surface area contributed by atoms with Crippen LogP contribution in [-0.2, 0) is 13.0 Å². The first-order chi connectivity index (χ1) is 11.6. The van der Waals surface area contributed by atoms with Gasteiger partial charge in [-0.2, -0.15) is 0 Å². The van der Waals surface area contributed by atoms with E-state index in [1.807, 2.05) is 6.07 Å². The van der Waals surface area contributed by atoms with E-state index in [4.69, 9.17) is 16.3 Å². The standard InChI is InChI=1S/C18H16ClN3O2/c1-24-13-3-5-16-11(8-13)6-7-22(16)10-17-20-15-4-2-12(19)9-14(15)18(23)21-17/h2-5,8-9H,6-7,10H2,1H3,(H,20,21,23). The van der Waals surface area contributed by atoms with Gasteiger partial charge in [0.25, 0.3) is 5.56 Å². The lowest BCUT2D eigenvalue weighted by Crippen LogP contribution is -2.23. The molecule has 3 aromatic rings. The van der Waals surface area contributed by atoms with Crippen LogP contribution in [0.2, 0.25) is 5.02 Å². The highest BCUT2D eigenvalue weighted by atomic mass is 35.5. The van der Waals surface area contributed by atoms with Crippen molar-refractivity contribution < 1.29 is 4.74 Å². The van der Waals surface area contributed by atoms with Crippen LogP contribution in [0, 0.1) is 0 Å². The lowest BCUT2D eigenvalue weighted by Gasteiger charge is -2.19. The van der Waals surface area contributed by atoms with E-state index >= 15 is 0 Å². The summed E-state index contributed by atoms with van der Waals surface area (Å²) in [5, 5.41) is 1.04. The molecule has 0 saturated heterocycles. The van der Waals surface area contributed by atoms with E-state index in [9.17, 15) is 4.79 Å². The van der Waals surface area contributed by atoms with Crippen LogP contribution in [-0.4, -0.2) is 23.6 Å². The Hall–Kier alpha value is -2.53. The Morgan fingerprint density at radius 1 is 1.29 bits per heavy atom. The number of benzene rings is 2. The number of aromatic nitrogens is 2. The number of H-pyrrole nitrogens is 1. The fourth-order valence-corrected chi connectivity index (χ4v) is 3.32. The molecule has 6 heteroatoms. The van der Waals surface area contributed by atoms with E-state index < -0.39 is 0 Å². The highest BCUT2D eigenvalue weighted by Crippen LogP contribution is 2.31. The lowest BCUT2D eigenvalue weighted by molar-refractivity contribution is 0.414. The average molecular weight is 342 g/mol. The minimum absolute atomic E-state index is 0.161. The van der Waals surface area contributed by atoms with Crippen molar-refractivity contribution in [1.29, 1.82) is 0 Å². The molecular weight excluding hydrogens is 326 g/mol. The fraction of sp³-hybridized carbons (Fsp3) is 0.222. The zero-order chi connectivity index (χ0) is 16.7. The molecule has 2 heterocycles. The number of hydrogen-bond acceptors (Lipinski definition) is 4. The van der Waals surface area contributed by atoms with Gasteiger partial charge < -0.3 is 14.6 Å². The summed E-state index contributed by atoms with van der Waals surface area (Å²) in [7, 11) is 1.67. The number of nitrogens with zero attached hydrogens (tertiary/aromatic N) is 2. The first kappa shape index (κ1) is 15.0. The van der Waals surface area contributed by atoms with Gasteiger partial charge in [-0.1, -0.05) is 11.6 Å². The Kier molecular flexibility index (Phi) is 3.65. The number of halogens is 1. The second-order valence-electron chi connectivity index (χ2n) is 5.84. The molecule has 0 unspecified atom stereocenters. The SMILES string of the molecule is COc1ccc2c(c1)CCN2Cc1nc2ccc(Cl)cc2c(=O)[nH]1. The molecule has 122 valence electrons. The normalized spacial score (nSPS) is 13.3. The summed E-state index contributed by atoms with van der Waals surface area (Å²) in [5.41, 5.74) is 2.91. The van der Waals surface area contributed by atoms with Gasteiger partial charge in [-0.25, -0.2) is 4.98 Å². The Bertz CT molecular complexity index is 984. The largest absolute Gasteiger partial charge is 0.497 e. The summed E-state index contributed by atoms with van der Waals surface area (Å²) < 4.78 is 5.28. The maximum atomic E-state index is 12.3. The van der Waals surface area contributed by atoms with Crippen LogP contribution in [0.25, 0.3) is 10.9 Å². The number of rotatable bonds is 3. The van der Waals surface area contributed by atoms with Gasteiger partial charge >= 0.3 is 0 Å². The molecule has 0 radical (unpaired) electrons. The Balaban J connectivity index is 1.67. The Morgan fingerprint density at radius 3 is 3.00 bits per heavy atom. The van der Waals surface area contributed by atoms with Gasteiger partial charge in [0.05, 0.1) is 24.6 Å². The maximum Gasteiger partial charge on any atom is 0.258 e. The molecule has 1 N–H and O–H groups in total. The summed E-state index contributed by atoms with van der Waals surface area (Å²) in [6.07, 6.45) is 0.958. The highest BCUT2D eigenvalue weighted by Gasteiger charge is 2.20. The third-order valence-corrected chi connectivity index (χ3v) is 4.57. The van der Waals surface area contributed by atoms with Crippen molar-refractivity contribution in [2.24, 2.45) is 0 Å². The van der Waals surface area contributed by atoms with Gasteiger partial charge in [-0.15, -0.1) is 0 Å².